The lowest BCUT2D eigenvalue weighted by molar-refractivity contribution is -0.120. The van der Waals surface area contributed by atoms with Crippen molar-refractivity contribution in [1.29, 1.82) is 0 Å². The van der Waals surface area contributed by atoms with Gasteiger partial charge in [0, 0.05) is 17.4 Å². The molecule has 26 heavy (non-hydrogen) atoms. The molecule has 2 amide bonds. The molecular weight excluding hydrogens is 376 g/mol. The van der Waals surface area contributed by atoms with E-state index in [9.17, 15) is 9.59 Å². The summed E-state index contributed by atoms with van der Waals surface area (Å²) in [6.45, 7) is 0. The summed E-state index contributed by atoms with van der Waals surface area (Å²) in [4.78, 5) is 25.6. The lowest BCUT2D eigenvalue weighted by atomic mass is 10.2. The van der Waals surface area contributed by atoms with Gasteiger partial charge >= 0.3 is 0 Å². The van der Waals surface area contributed by atoms with Crippen molar-refractivity contribution in [3.8, 4) is 11.5 Å². The van der Waals surface area contributed by atoms with E-state index in [4.69, 9.17) is 21.1 Å². The van der Waals surface area contributed by atoms with Gasteiger partial charge in [0.25, 0.3) is 0 Å². The molecule has 0 aliphatic carbocycles. The van der Waals surface area contributed by atoms with Crippen molar-refractivity contribution in [3.63, 3.8) is 0 Å². The summed E-state index contributed by atoms with van der Waals surface area (Å²) in [6, 6.07) is 10.6. The molecule has 1 aliphatic rings. The van der Waals surface area contributed by atoms with E-state index in [0.29, 0.717) is 22.2 Å². The highest BCUT2D eigenvalue weighted by molar-refractivity contribution is 8.01. The standard InChI is InChI=1S/C18H17ClN2O4S/c1-24-13-8-14(25-2)12(7-10(13)19)20-17(22)9-16-18(23)21-11-5-3-4-6-15(11)26-16/h3-8,16H,9H2,1-2H3,(H,20,22)(H,21,23). The molecule has 3 rings (SSSR count). The van der Waals surface area contributed by atoms with Crippen molar-refractivity contribution in [3.05, 3.63) is 41.4 Å². The van der Waals surface area contributed by atoms with Crippen LogP contribution in [0.25, 0.3) is 0 Å². The Hall–Kier alpha value is -2.38. The normalized spacial score (nSPS) is 15.7. The molecular formula is C18H17ClN2O4S. The maximum Gasteiger partial charge on any atom is 0.238 e. The molecule has 0 radical (unpaired) electrons. The van der Waals surface area contributed by atoms with E-state index >= 15 is 0 Å². The molecule has 1 unspecified atom stereocenters. The molecule has 8 heteroatoms. The average molecular weight is 393 g/mol. The van der Waals surface area contributed by atoms with Crippen molar-refractivity contribution in [1.82, 2.24) is 0 Å². The van der Waals surface area contributed by atoms with E-state index in [2.05, 4.69) is 10.6 Å². The first-order valence-corrected chi connectivity index (χ1v) is 9.05. The van der Waals surface area contributed by atoms with E-state index in [1.54, 1.807) is 12.1 Å². The SMILES string of the molecule is COc1cc(OC)c(NC(=O)CC2Sc3ccccc3NC2=O)cc1Cl. The number of methoxy groups -OCH3 is 2. The maximum absolute atomic E-state index is 12.4. The van der Waals surface area contributed by atoms with Gasteiger partial charge in [0.2, 0.25) is 11.8 Å². The highest BCUT2D eigenvalue weighted by Gasteiger charge is 2.29. The molecule has 2 aromatic carbocycles. The van der Waals surface area contributed by atoms with Crippen molar-refractivity contribution < 1.29 is 19.1 Å². The first kappa shape index (κ1) is 18.4. The zero-order valence-corrected chi connectivity index (χ0v) is 15.7. The summed E-state index contributed by atoms with van der Waals surface area (Å²) < 4.78 is 10.4. The van der Waals surface area contributed by atoms with Gasteiger partial charge in [-0.3, -0.25) is 9.59 Å². The minimum Gasteiger partial charge on any atom is -0.495 e. The van der Waals surface area contributed by atoms with Crippen LogP contribution in [0.15, 0.2) is 41.3 Å². The Morgan fingerprint density at radius 1 is 1.23 bits per heavy atom. The molecule has 2 N–H and O–H groups in total. The molecule has 0 saturated heterocycles. The van der Waals surface area contributed by atoms with E-state index in [0.717, 1.165) is 10.6 Å². The van der Waals surface area contributed by atoms with Gasteiger partial charge in [-0.1, -0.05) is 23.7 Å². The van der Waals surface area contributed by atoms with Gasteiger partial charge in [-0.2, -0.15) is 0 Å². The molecule has 136 valence electrons. The number of hydrogen-bond acceptors (Lipinski definition) is 5. The molecule has 2 aromatic rings. The topological polar surface area (TPSA) is 76.7 Å². The highest BCUT2D eigenvalue weighted by Crippen LogP contribution is 2.38. The Balaban J connectivity index is 1.72. The summed E-state index contributed by atoms with van der Waals surface area (Å²) in [6.07, 6.45) is 0.0254. The zero-order chi connectivity index (χ0) is 18.7. The first-order valence-electron chi connectivity index (χ1n) is 7.79. The zero-order valence-electron chi connectivity index (χ0n) is 14.2. The average Bonchev–Trinajstić information content (AvgIpc) is 2.62. The fourth-order valence-electron chi connectivity index (χ4n) is 2.55. The number of anilines is 2. The Kier molecular flexibility index (Phi) is 5.58. The van der Waals surface area contributed by atoms with E-state index in [1.807, 2.05) is 24.3 Å². The number of rotatable bonds is 5. The monoisotopic (exact) mass is 392 g/mol. The van der Waals surface area contributed by atoms with Gasteiger partial charge in [-0.15, -0.1) is 11.8 Å². The number of para-hydroxylation sites is 1. The van der Waals surface area contributed by atoms with Crippen LogP contribution in [-0.2, 0) is 9.59 Å². The lowest BCUT2D eigenvalue weighted by Crippen LogP contribution is -2.32. The maximum atomic E-state index is 12.4. The Bertz CT molecular complexity index is 859. The van der Waals surface area contributed by atoms with Crippen LogP contribution in [0.5, 0.6) is 11.5 Å². The number of hydrogen-bond donors (Lipinski definition) is 2. The van der Waals surface area contributed by atoms with Gasteiger partial charge in [0.1, 0.15) is 11.5 Å². The Labute approximate surface area is 160 Å². The third-order valence-electron chi connectivity index (χ3n) is 3.83. The smallest absolute Gasteiger partial charge is 0.238 e. The van der Waals surface area contributed by atoms with Gasteiger partial charge in [-0.05, 0) is 18.2 Å². The van der Waals surface area contributed by atoms with Crippen LogP contribution in [0, 0.1) is 0 Å². The van der Waals surface area contributed by atoms with Crippen LogP contribution in [0.3, 0.4) is 0 Å². The molecule has 0 fully saturated rings. The number of thioether (sulfide) groups is 1. The predicted octanol–water partition coefficient (Wildman–Crippen LogP) is 3.80. The van der Waals surface area contributed by atoms with Crippen molar-refractivity contribution in [2.45, 2.75) is 16.6 Å². The van der Waals surface area contributed by atoms with E-state index < -0.39 is 5.25 Å². The van der Waals surface area contributed by atoms with Gasteiger partial charge in [0.05, 0.1) is 35.9 Å². The summed E-state index contributed by atoms with van der Waals surface area (Å²) in [5.41, 5.74) is 1.19. The number of amides is 2. The molecule has 0 spiro atoms. The summed E-state index contributed by atoms with van der Waals surface area (Å²) in [7, 11) is 2.98. The largest absolute Gasteiger partial charge is 0.495 e. The molecule has 1 atom stereocenters. The number of fused-ring (bicyclic) bond motifs is 1. The summed E-state index contributed by atoms with van der Waals surface area (Å²) in [5, 5.41) is 5.41. The Morgan fingerprint density at radius 2 is 1.96 bits per heavy atom. The number of nitrogens with one attached hydrogen (secondary N) is 2. The second kappa shape index (κ2) is 7.88. The van der Waals surface area contributed by atoms with E-state index in [1.165, 1.54) is 26.0 Å². The Morgan fingerprint density at radius 3 is 2.69 bits per heavy atom. The third-order valence-corrected chi connectivity index (χ3v) is 5.40. The second-order valence-electron chi connectivity index (χ2n) is 5.53. The molecule has 0 bridgehead atoms. The number of carbonyl (C=O) groups is 2. The van der Waals surface area contributed by atoms with Crippen molar-refractivity contribution in [2.24, 2.45) is 0 Å². The fourth-order valence-corrected chi connectivity index (χ4v) is 3.91. The summed E-state index contributed by atoms with van der Waals surface area (Å²) >= 11 is 7.49. The molecule has 1 heterocycles. The molecule has 1 aliphatic heterocycles. The lowest BCUT2D eigenvalue weighted by Gasteiger charge is -2.23. The first-order chi connectivity index (χ1) is 12.5. The quantitative estimate of drug-likeness (QED) is 0.809. The predicted molar refractivity (Wildman–Crippen MR) is 103 cm³/mol. The van der Waals surface area contributed by atoms with Crippen LogP contribution < -0.4 is 20.1 Å². The minimum absolute atomic E-state index is 0.0254. The van der Waals surface area contributed by atoms with Crippen LogP contribution in [-0.4, -0.2) is 31.3 Å². The van der Waals surface area contributed by atoms with Gasteiger partial charge in [-0.25, -0.2) is 0 Å². The number of benzene rings is 2. The van der Waals surface area contributed by atoms with Crippen LogP contribution in [0.2, 0.25) is 5.02 Å². The number of halogens is 1. The van der Waals surface area contributed by atoms with Crippen molar-refractivity contribution >= 4 is 46.6 Å². The van der Waals surface area contributed by atoms with Crippen molar-refractivity contribution in [2.75, 3.05) is 24.9 Å². The van der Waals surface area contributed by atoms with Crippen LogP contribution in [0.4, 0.5) is 11.4 Å². The van der Waals surface area contributed by atoms with E-state index in [-0.39, 0.29) is 18.2 Å². The van der Waals surface area contributed by atoms with Crippen LogP contribution >= 0.6 is 23.4 Å². The van der Waals surface area contributed by atoms with Gasteiger partial charge < -0.3 is 20.1 Å². The fraction of sp³-hybridized carbons (Fsp3) is 0.222. The highest BCUT2D eigenvalue weighted by atomic mass is 35.5. The van der Waals surface area contributed by atoms with Gasteiger partial charge in [0.15, 0.2) is 0 Å². The van der Waals surface area contributed by atoms with Crippen LogP contribution in [0.1, 0.15) is 6.42 Å². The summed E-state index contributed by atoms with van der Waals surface area (Å²) in [5.74, 6) is 0.367. The number of ether oxygens (including phenoxy) is 2. The third kappa shape index (κ3) is 3.89. The number of carbonyl (C=O) groups excluding carboxylic acids is 2. The molecule has 6 nitrogen and oxygen atoms in total. The minimum atomic E-state index is -0.510. The molecule has 0 aromatic heterocycles. The second-order valence-corrected chi connectivity index (χ2v) is 7.18. The molecule has 0 saturated carbocycles.